The van der Waals surface area contributed by atoms with E-state index in [-0.39, 0.29) is 5.04 Å². The van der Waals surface area contributed by atoms with Crippen molar-refractivity contribution < 1.29 is 19.1 Å². The summed E-state index contributed by atoms with van der Waals surface area (Å²) in [6.07, 6.45) is 6.95. The molecule has 140 valence electrons. The molecule has 5 heteroatoms. The van der Waals surface area contributed by atoms with Gasteiger partial charge in [0.25, 0.3) is 0 Å². The Kier molecular flexibility index (Phi) is 9.78. The maximum atomic E-state index is 11.6. The average Bonchev–Trinajstić information content (AvgIpc) is 2.46. The van der Waals surface area contributed by atoms with Crippen molar-refractivity contribution in [2.24, 2.45) is 5.92 Å². The Bertz CT molecular complexity index is 445. The zero-order valence-corrected chi connectivity index (χ0v) is 17.7. The Morgan fingerprint density at radius 2 is 1.88 bits per heavy atom. The zero-order chi connectivity index (χ0) is 19.0. The number of esters is 1. The third-order valence-corrected chi connectivity index (χ3v) is 9.14. The van der Waals surface area contributed by atoms with Gasteiger partial charge in [-0.15, -0.1) is 0 Å². The van der Waals surface area contributed by atoms with Gasteiger partial charge in [0.05, 0.1) is 13.2 Å². The van der Waals surface area contributed by atoms with Crippen LogP contribution in [0.4, 0.5) is 0 Å². The van der Waals surface area contributed by atoms with Crippen LogP contribution in [0.3, 0.4) is 0 Å². The van der Waals surface area contributed by atoms with Gasteiger partial charge in [-0.05, 0) is 44.8 Å². The number of hydrogen-bond acceptors (Lipinski definition) is 4. The summed E-state index contributed by atoms with van der Waals surface area (Å²) in [6, 6.07) is 0. The molecule has 0 rings (SSSR count). The third-order valence-electron chi connectivity index (χ3n) is 4.60. The highest BCUT2D eigenvalue weighted by Crippen LogP contribution is 2.36. The minimum Gasteiger partial charge on any atom is -0.468 e. The second-order valence-electron chi connectivity index (χ2n) is 7.85. The first-order valence-electron chi connectivity index (χ1n) is 8.67. The van der Waals surface area contributed by atoms with Crippen LogP contribution in [0.15, 0.2) is 23.8 Å². The number of aliphatic hydroxyl groups excluding tert-OH is 1. The molecule has 0 radical (unpaired) electrons. The highest BCUT2D eigenvalue weighted by molar-refractivity contribution is 6.74. The Hall–Kier alpha value is -0.913. The van der Waals surface area contributed by atoms with Crippen molar-refractivity contribution in [2.75, 3.05) is 13.7 Å². The standard InChI is InChI=1S/C19H36O4Si/c1-15(14-17(16(2)20)18(21)22-6)12-10-9-11-13-23-24(7,8)19(3,4)5/h10,12,14,16-17,20H,9,11,13H2,1-8H3/b12-10+,15-14+. The molecule has 0 aliphatic rings. The van der Waals surface area contributed by atoms with Crippen LogP contribution in [0.1, 0.15) is 47.5 Å². The second kappa shape index (κ2) is 10.2. The van der Waals surface area contributed by atoms with E-state index >= 15 is 0 Å². The maximum absolute atomic E-state index is 11.6. The van der Waals surface area contributed by atoms with Crippen molar-refractivity contribution in [3.8, 4) is 0 Å². The van der Waals surface area contributed by atoms with Gasteiger partial charge < -0.3 is 14.3 Å². The Balaban J connectivity index is 4.37. The van der Waals surface area contributed by atoms with Crippen LogP contribution in [0.2, 0.25) is 18.1 Å². The molecule has 0 amide bonds. The molecule has 1 N–H and O–H groups in total. The zero-order valence-electron chi connectivity index (χ0n) is 16.7. The van der Waals surface area contributed by atoms with Gasteiger partial charge in [-0.25, -0.2) is 0 Å². The molecule has 0 aliphatic heterocycles. The van der Waals surface area contributed by atoms with Crippen LogP contribution in [-0.4, -0.2) is 39.2 Å². The number of carbonyl (C=O) groups is 1. The fourth-order valence-corrected chi connectivity index (χ4v) is 2.98. The van der Waals surface area contributed by atoms with E-state index in [2.05, 4.69) is 39.9 Å². The van der Waals surface area contributed by atoms with Gasteiger partial charge in [0, 0.05) is 6.61 Å². The Morgan fingerprint density at radius 1 is 1.29 bits per heavy atom. The number of aliphatic hydroxyl groups is 1. The van der Waals surface area contributed by atoms with E-state index in [0.717, 1.165) is 25.0 Å². The summed E-state index contributed by atoms with van der Waals surface area (Å²) in [5.74, 6) is -1.04. The SMILES string of the molecule is COC(=O)C(/C=C(C)/C=C/CCCO[Si](C)(C)C(C)(C)C)C(C)O. The molecule has 0 heterocycles. The van der Waals surface area contributed by atoms with Crippen molar-refractivity contribution in [1.29, 1.82) is 0 Å². The maximum Gasteiger partial charge on any atom is 0.315 e. The summed E-state index contributed by atoms with van der Waals surface area (Å²) < 4.78 is 10.9. The highest BCUT2D eigenvalue weighted by atomic mass is 28.4. The largest absolute Gasteiger partial charge is 0.468 e. The monoisotopic (exact) mass is 356 g/mol. The molecule has 0 bridgehead atoms. The summed E-state index contributed by atoms with van der Waals surface area (Å²) in [6.45, 7) is 15.5. The number of carbonyl (C=O) groups excluding carboxylic acids is 1. The molecule has 2 atom stereocenters. The van der Waals surface area contributed by atoms with Crippen molar-refractivity contribution in [2.45, 2.75) is 71.7 Å². The smallest absolute Gasteiger partial charge is 0.315 e. The number of methoxy groups -OCH3 is 1. The summed E-state index contributed by atoms with van der Waals surface area (Å²) >= 11 is 0. The summed E-state index contributed by atoms with van der Waals surface area (Å²) in [5.41, 5.74) is 0.941. The Labute approximate surface area is 149 Å². The molecular formula is C19H36O4Si. The highest BCUT2D eigenvalue weighted by Gasteiger charge is 2.36. The van der Waals surface area contributed by atoms with Gasteiger partial charge in [0.15, 0.2) is 8.32 Å². The molecule has 0 aromatic carbocycles. The van der Waals surface area contributed by atoms with Gasteiger partial charge in [-0.1, -0.05) is 44.6 Å². The van der Waals surface area contributed by atoms with E-state index in [1.54, 1.807) is 13.0 Å². The molecule has 24 heavy (non-hydrogen) atoms. The van der Waals surface area contributed by atoms with Crippen LogP contribution in [0.25, 0.3) is 0 Å². The lowest BCUT2D eigenvalue weighted by Crippen LogP contribution is -2.40. The van der Waals surface area contributed by atoms with E-state index in [0.29, 0.717) is 0 Å². The molecule has 0 fully saturated rings. The van der Waals surface area contributed by atoms with Crippen molar-refractivity contribution >= 4 is 14.3 Å². The van der Waals surface area contributed by atoms with Crippen molar-refractivity contribution in [3.63, 3.8) is 0 Å². The molecule has 0 aromatic rings. The van der Waals surface area contributed by atoms with Gasteiger partial charge in [0.2, 0.25) is 0 Å². The van der Waals surface area contributed by atoms with Crippen LogP contribution in [-0.2, 0) is 14.0 Å². The van der Waals surface area contributed by atoms with Crippen molar-refractivity contribution in [3.05, 3.63) is 23.8 Å². The fourth-order valence-electron chi connectivity index (χ4n) is 1.89. The predicted molar refractivity (Wildman–Crippen MR) is 102 cm³/mol. The number of rotatable bonds is 9. The molecule has 0 saturated heterocycles. The molecule has 0 aromatic heterocycles. The first-order chi connectivity index (χ1) is 10.9. The molecule has 0 spiro atoms. The van der Waals surface area contributed by atoms with E-state index in [1.165, 1.54) is 7.11 Å². The number of unbranched alkanes of at least 4 members (excludes halogenated alkanes) is 1. The van der Waals surface area contributed by atoms with Gasteiger partial charge in [-0.3, -0.25) is 4.79 Å². The molecule has 0 saturated carbocycles. The predicted octanol–water partition coefficient (Wildman–Crippen LogP) is 4.46. The first kappa shape index (κ1) is 23.1. The Morgan fingerprint density at radius 3 is 2.33 bits per heavy atom. The van der Waals surface area contributed by atoms with E-state index in [1.807, 2.05) is 13.0 Å². The van der Waals surface area contributed by atoms with Gasteiger partial charge in [0.1, 0.15) is 5.92 Å². The normalized spacial score (nSPS) is 16.3. The minimum atomic E-state index is -1.65. The lowest BCUT2D eigenvalue weighted by Gasteiger charge is -2.36. The van der Waals surface area contributed by atoms with Gasteiger partial charge in [-0.2, -0.15) is 0 Å². The lowest BCUT2D eigenvalue weighted by molar-refractivity contribution is -0.146. The minimum absolute atomic E-state index is 0.242. The van der Waals surface area contributed by atoms with E-state index in [9.17, 15) is 9.90 Å². The van der Waals surface area contributed by atoms with Crippen molar-refractivity contribution in [1.82, 2.24) is 0 Å². The summed E-state index contributed by atoms with van der Waals surface area (Å²) in [5, 5.41) is 9.91. The molecule has 0 aliphatic carbocycles. The third kappa shape index (κ3) is 8.26. The molecule has 2 unspecified atom stereocenters. The quantitative estimate of drug-likeness (QED) is 0.287. The van der Waals surface area contributed by atoms with Crippen LogP contribution < -0.4 is 0 Å². The molecule has 4 nitrogen and oxygen atoms in total. The fraction of sp³-hybridized carbons (Fsp3) is 0.737. The summed E-state index contributed by atoms with van der Waals surface area (Å²) in [4.78, 5) is 11.6. The van der Waals surface area contributed by atoms with E-state index < -0.39 is 26.3 Å². The van der Waals surface area contributed by atoms with E-state index in [4.69, 9.17) is 9.16 Å². The average molecular weight is 357 g/mol. The second-order valence-corrected chi connectivity index (χ2v) is 12.7. The van der Waals surface area contributed by atoms with Crippen LogP contribution in [0, 0.1) is 5.92 Å². The van der Waals surface area contributed by atoms with Crippen LogP contribution >= 0.6 is 0 Å². The number of hydrogen-bond donors (Lipinski definition) is 1. The lowest BCUT2D eigenvalue weighted by atomic mass is 10.0. The van der Waals surface area contributed by atoms with Crippen LogP contribution in [0.5, 0.6) is 0 Å². The number of ether oxygens (including phenoxy) is 1. The topological polar surface area (TPSA) is 55.8 Å². The first-order valence-corrected chi connectivity index (χ1v) is 11.6. The number of allylic oxidation sites excluding steroid dienone is 3. The molecular weight excluding hydrogens is 320 g/mol. The van der Waals surface area contributed by atoms with Gasteiger partial charge >= 0.3 is 5.97 Å². The summed E-state index contributed by atoms with van der Waals surface area (Å²) in [7, 11) is -0.320.